The highest BCUT2D eigenvalue weighted by Gasteiger charge is 2.20. The predicted octanol–water partition coefficient (Wildman–Crippen LogP) is 2.18. The van der Waals surface area contributed by atoms with Gasteiger partial charge in [0.1, 0.15) is 0 Å². The van der Waals surface area contributed by atoms with Crippen LogP contribution in [0.2, 0.25) is 0 Å². The highest BCUT2D eigenvalue weighted by atomic mass is 16.2. The summed E-state index contributed by atoms with van der Waals surface area (Å²) < 4.78 is 0. The third kappa shape index (κ3) is 4.16. The van der Waals surface area contributed by atoms with E-state index in [0.29, 0.717) is 5.57 Å². The standard InChI is InChI=1S/C16H19N3O3/c1-9(2)12-13(18-16(22)19-15(12)21)14(20)11(4)8-10(3)6-5-7-17/h6,8-9H,5H2,1-4H3,(H2,18,19,21,22)/b10-6-,11-8+. The summed E-state index contributed by atoms with van der Waals surface area (Å²) in [5.74, 6) is -0.612. The smallest absolute Gasteiger partial charge is 0.304 e. The van der Waals surface area contributed by atoms with Crippen molar-refractivity contribution in [3.8, 4) is 6.07 Å². The molecular formula is C16H19N3O3. The van der Waals surface area contributed by atoms with Crippen LogP contribution in [0.4, 0.5) is 0 Å². The topological polar surface area (TPSA) is 107 Å². The highest BCUT2D eigenvalue weighted by Crippen LogP contribution is 2.16. The molecule has 0 saturated carbocycles. The largest absolute Gasteiger partial charge is 0.326 e. The number of nitriles is 1. The molecule has 0 aliphatic carbocycles. The first-order valence-electron chi connectivity index (χ1n) is 6.91. The van der Waals surface area contributed by atoms with E-state index in [-0.39, 0.29) is 23.6 Å². The van der Waals surface area contributed by atoms with Gasteiger partial charge in [-0.3, -0.25) is 14.6 Å². The Balaban J connectivity index is 3.35. The number of Topliss-reactive ketones (excluding diaryl/α,β-unsaturated/α-hetero) is 1. The number of carbonyl (C=O) groups is 1. The van der Waals surface area contributed by atoms with Crippen molar-refractivity contribution in [2.45, 2.75) is 40.0 Å². The summed E-state index contributed by atoms with van der Waals surface area (Å²) in [5, 5.41) is 8.53. The van der Waals surface area contributed by atoms with Gasteiger partial charge in [0, 0.05) is 5.56 Å². The molecular weight excluding hydrogens is 282 g/mol. The lowest BCUT2D eigenvalue weighted by Gasteiger charge is -2.10. The highest BCUT2D eigenvalue weighted by molar-refractivity contribution is 6.08. The van der Waals surface area contributed by atoms with E-state index < -0.39 is 17.0 Å². The average Bonchev–Trinajstić information content (AvgIpc) is 2.42. The minimum atomic E-state index is -0.706. The number of aromatic nitrogens is 2. The van der Waals surface area contributed by atoms with Crippen LogP contribution in [0.3, 0.4) is 0 Å². The number of carbonyl (C=O) groups excluding carboxylic acids is 1. The second-order valence-corrected chi connectivity index (χ2v) is 5.32. The number of nitrogens with one attached hydrogen (secondary N) is 2. The van der Waals surface area contributed by atoms with Gasteiger partial charge in [-0.25, -0.2) is 4.79 Å². The maximum atomic E-state index is 12.5. The lowest BCUT2D eigenvalue weighted by Crippen LogP contribution is -2.30. The van der Waals surface area contributed by atoms with Gasteiger partial charge in [-0.1, -0.05) is 31.6 Å². The van der Waals surface area contributed by atoms with E-state index in [1.54, 1.807) is 39.8 Å². The molecule has 0 saturated heterocycles. The Hall–Kier alpha value is -2.68. The van der Waals surface area contributed by atoms with Gasteiger partial charge in [0.15, 0.2) is 0 Å². The number of hydrogen-bond acceptors (Lipinski definition) is 4. The predicted molar refractivity (Wildman–Crippen MR) is 83.8 cm³/mol. The summed E-state index contributed by atoms with van der Waals surface area (Å²) in [4.78, 5) is 40.4. The molecule has 2 N–H and O–H groups in total. The maximum Gasteiger partial charge on any atom is 0.326 e. The normalized spacial score (nSPS) is 12.4. The summed E-state index contributed by atoms with van der Waals surface area (Å²) in [6.45, 7) is 6.93. The zero-order valence-electron chi connectivity index (χ0n) is 13.1. The summed E-state index contributed by atoms with van der Waals surface area (Å²) >= 11 is 0. The van der Waals surface area contributed by atoms with Crippen molar-refractivity contribution in [1.82, 2.24) is 9.97 Å². The Bertz CT molecular complexity index is 786. The SMILES string of the molecule is CC(=C/CC#N)/C=C(\C)C(=O)c1[nH]c(=O)[nH]c(=O)c1C(C)C. The molecule has 1 rings (SSSR count). The number of H-pyrrole nitrogens is 2. The molecule has 0 fully saturated rings. The van der Waals surface area contributed by atoms with E-state index in [4.69, 9.17) is 5.26 Å². The van der Waals surface area contributed by atoms with E-state index in [9.17, 15) is 14.4 Å². The number of hydrogen-bond donors (Lipinski definition) is 2. The molecule has 0 atom stereocenters. The van der Waals surface area contributed by atoms with E-state index in [1.165, 1.54) is 0 Å². The molecule has 1 aromatic rings. The molecule has 0 aliphatic heterocycles. The van der Waals surface area contributed by atoms with Gasteiger partial charge in [0.2, 0.25) is 5.78 Å². The van der Waals surface area contributed by atoms with Gasteiger partial charge < -0.3 is 4.98 Å². The fraction of sp³-hybridized carbons (Fsp3) is 0.375. The molecule has 0 bridgehead atoms. The molecule has 1 aromatic heterocycles. The first-order chi connectivity index (χ1) is 10.3. The van der Waals surface area contributed by atoms with Gasteiger partial charge in [-0.2, -0.15) is 5.26 Å². The van der Waals surface area contributed by atoms with Gasteiger partial charge in [0.25, 0.3) is 5.56 Å². The molecule has 0 aromatic carbocycles. The molecule has 0 amide bonds. The van der Waals surface area contributed by atoms with Crippen molar-refractivity contribution in [3.05, 3.63) is 55.4 Å². The van der Waals surface area contributed by atoms with Crippen molar-refractivity contribution >= 4 is 5.78 Å². The Morgan fingerprint density at radius 2 is 1.91 bits per heavy atom. The number of aromatic amines is 2. The molecule has 0 unspecified atom stereocenters. The quantitative estimate of drug-likeness (QED) is 0.493. The van der Waals surface area contributed by atoms with Crippen molar-refractivity contribution in [3.63, 3.8) is 0 Å². The molecule has 1 heterocycles. The maximum absolute atomic E-state index is 12.5. The molecule has 6 heteroatoms. The second kappa shape index (κ2) is 7.36. The summed E-state index contributed by atoms with van der Waals surface area (Å²) in [5.41, 5.74) is 0.177. The van der Waals surface area contributed by atoms with Crippen LogP contribution in [-0.4, -0.2) is 15.8 Å². The molecule has 6 nitrogen and oxygen atoms in total. The Labute approximate surface area is 128 Å². The number of nitrogens with zero attached hydrogens (tertiary/aromatic N) is 1. The van der Waals surface area contributed by atoms with Crippen LogP contribution in [0.15, 0.2) is 32.9 Å². The van der Waals surface area contributed by atoms with E-state index in [1.807, 2.05) is 6.07 Å². The first-order valence-corrected chi connectivity index (χ1v) is 6.91. The second-order valence-electron chi connectivity index (χ2n) is 5.32. The van der Waals surface area contributed by atoms with Gasteiger partial charge in [-0.05, 0) is 25.3 Å². The third-order valence-corrected chi connectivity index (χ3v) is 3.10. The van der Waals surface area contributed by atoms with E-state index in [2.05, 4.69) is 9.97 Å². The monoisotopic (exact) mass is 301 g/mol. The average molecular weight is 301 g/mol. The van der Waals surface area contributed by atoms with Crippen molar-refractivity contribution < 1.29 is 4.79 Å². The zero-order valence-corrected chi connectivity index (χ0v) is 13.1. The molecule has 22 heavy (non-hydrogen) atoms. The Morgan fingerprint density at radius 3 is 2.45 bits per heavy atom. The lowest BCUT2D eigenvalue weighted by atomic mass is 9.97. The zero-order chi connectivity index (χ0) is 16.9. The van der Waals surface area contributed by atoms with Crippen LogP contribution in [0.25, 0.3) is 0 Å². The Kier molecular flexibility index (Phi) is 5.81. The molecule has 0 radical (unpaired) electrons. The van der Waals surface area contributed by atoms with Crippen LogP contribution in [0, 0.1) is 11.3 Å². The minimum absolute atomic E-state index is 0.0191. The summed E-state index contributed by atoms with van der Waals surface area (Å²) in [7, 11) is 0. The van der Waals surface area contributed by atoms with Crippen molar-refractivity contribution in [1.29, 1.82) is 5.26 Å². The summed E-state index contributed by atoms with van der Waals surface area (Å²) in [6, 6.07) is 1.99. The first kappa shape index (κ1) is 17.4. The third-order valence-electron chi connectivity index (χ3n) is 3.10. The van der Waals surface area contributed by atoms with Crippen molar-refractivity contribution in [2.24, 2.45) is 0 Å². The fourth-order valence-electron chi connectivity index (χ4n) is 2.10. The minimum Gasteiger partial charge on any atom is -0.304 e. The number of allylic oxidation sites excluding steroid dienone is 4. The van der Waals surface area contributed by atoms with Crippen LogP contribution in [0.1, 0.15) is 56.1 Å². The molecule has 116 valence electrons. The van der Waals surface area contributed by atoms with E-state index in [0.717, 1.165) is 5.57 Å². The number of ketones is 1. The fourth-order valence-corrected chi connectivity index (χ4v) is 2.10. The van der Waals surface area contributed by atoms with Crippen LogP contribution < -0.4 is 11.2 Å². The Morgan fingerprint density at radius 1 is 1.27 bits per heavy atom. The van der Waals surface area contributed by atoms with Gasteiger partial charge in [0.05, 0.1) is 18.2 Å². The van der Waals surface area contributed by atoms with E-state index >= 15 is 0 Å². The number of rotatable bonds is 5. The van der Waals surface area contributed by atoms with Gasteiger partial charge >= 0.3 is 5.69 Å². The lowest BCUT2D eigenvalue weighted by molar-refractivity contribution is 0.102. The van der Waals surface area contributed by atoms with Crippen molar-refractivity contribution in [2.75, 3.05) is 0 Å². The van der Waals surface area contributed by atoms with Gasteiger partial charge in [-0.15, -0.1) is 0 Å². The van der Waals surface area contributed by atoms with Crippen LogP contribution >= 0.6 is 0 Å². The molecule has 0 spiro atoms. The summed E-state index contributed by atoms with van der Waals surface area (Å²) in [6.07, 6.45) is 3.58. The van der Waals surface area contributed by atoms with Crippen LogP contribution in [0.5, 0.6) is 0 Å². The molecule has 0 aliphatic rings. The van der Waals surface area contributed by atoms with Crippen LogP contribution in [-0.2, 0) is 0 Å².